The largest absolute Gasteiger partial charge is 0.392 e. The summed E-state index contributed by atoms with van der Waals surface area (Å²) in [6.07, 6.45) is 1.31. The molecule has 1 fully saturated rings. The summed E-state index contributed by atoms with van der Waals surface area (Å²) in [5.41, 5.74) is 4.70. The van der Waals surface area contributed by atoms with Crippen LogP contribution in [0.2, 0.25) is 0 Å². The van der Waals surface area contributed by atoms with Crippen LogP contribution in [0.3, 0.4) is 0 Å². The minimum Gasteiger partial charge on any atom is -0.303 e. The fourth-order valence-electron chi connectivity index (χ4n) is 6.03. The van der Waals surface area contributed by atoms with Crippen molar-refractivity contribution >= 4 is 17.9 Å². The van der Waals surface area contributed by atoms with Crippen molar-refractivity contribution in [3.05, 3.63) is 64.2 Å². The minimum absolute atomic E-state index is 0.272. The molecule has 3 nitrogen and oxygen atoms in total. The smallest absolute Gasteiger partial charge is 0.303 e. The number of halogens is 4. The van der Waals surface area contributed by atoms with Crippen LogP contribution in [-0.2, 0) is 11.2 Å². The Bertz CT molecular complexity index is 1100. The number of carbonyl (C=O) groups excluding carboxylic acids is 1. The molecule has 0 saturated heterocycles. The zero-order valence-electron chi connectivity index (χ0n) is 17.0. The third kappa shape index (κ3) is 3.08. The standard InChI is InChI=1S/C24H22F4N2O/c1-23-10-14-11-29-30-21(14)8-15(23)4-7-17-19(12-31)20(24(26,27)28)9-18(22(17)23)13-2-5-16(25)6-3-13/h2-3,5-6,8,11-12,17,19-20H,4,7,9-10H2,1H3,(H,29,30). The summed E-state index contributed by atoms with van der Waals surface area (Å²) in [6.45, 7) is 2.07. The molecule has 1 heterocycles. The average Bonchev–Trinajstić information content (AvgIpc) is 3.17. The third-order valence-electron chi connectivity index (χ3n) is 7.46. The van der Waals surface area contributed by atoms with Crippen LogP contribution in [-0.4, -0.2) is 22.7 Å². The summed E-state index contributed by atoms with van der Waals surface area (Å²) >= 11 is 0. The number of alkyl halides is 3. The van der Waals surface area contributed by atoms with E-state index in [0.29, 0.717) is 36.7 Å². The van der Waals surface area contributed by atoms with Gasteiger partial charge in [-0.1, -0.05) is 30.2 Å². The van der Waals surface area contributed by atoms with Crippen LogP contribution in [0.4, 0.5) is 17.6 Å². The number of aldehydes is 1. The molecule has 5 rings (SSSR count). The Hall–Kier alpha value is -2.70. The molecular weight excluding hydrogens is 408 g/mol. The van der Waals surface area contributed by atoms with Crippen molar-refractivity contribution < 1.29 is 22.4 Å². The molecule has 1 saturated carbocycles. The number of aromatic amines is 1. The molecule has 1 aromatic carbocycles. The van der Waals surface area contributed by atoms with Gasteiger partial charge in [-0.05, 0) is 66.5 Å². The van der Waals surface area contributed by atoms with Crippen molar-refractivity contribution in [1.82, 2.24) is 10.2 Å². The zero-order chi connectivity index (χ0) is 22.0. The van der Waals surface area contributed by atoms with E-state index >= 15 is 0 Å². The zero-order valence-corrected chi connectivity index (χ0v) is 17.0. The van der Waals surface area contributed by atoms with Crippen LogP contribution in [0.5, 0.6) is 0 Å². The predicted molar refractivity (Wildman–Crippen MR) is 108 cm³/mol. The van der Waals surface area contributed by atoms with E-state index in [9.17, 15) is 22.4 Å². The number of benzene rings is 1. The SMILES string of the molecule is CC12Cc3cn[nH]c3C=C1CCC1C2=C(c2ccc(F)cc2)CC(C(F)(F)F)C1C=O. The van der Waals surface area contributed by atoms with Crippen molar-refractivity contribution in [2.75, 3.05) is 0 Å². The Labute approximate surface area is 177 Å². The van der Waals surface area contributed by atoms with Gasteiger partial charge in [-0.25, -0.2) is 4.39 Å². The molecule has 4 atom stereocenters. The van der Waals surface area contributed by atoms with E-state index in [0.717, 1.165) is 22.4 Å². The molecular formula is C24H22F4N2O. The van der Waals surface area contributed by atoms with Crippen molar-refractivity contribution in [3.8, 4) is 0 Å². The number of nitrogens with zero attached hydrogens (tertiary/aromatic N) is 1. The summed E-state index contributed by atoms with van der Waals surface area (Å²) < 4.78 is 55.6. The van der Waals surface area contributed by atoms with Crippen LogP contribution in [0.15, 0.2) is 41.6 Å². The molecule has 3 aliphatic rings. The molecule has 2 aromatic rings. The van der Waals surface area contributed by atoms with Gasteiger partial charge in [0, 0.05) is 11.3 Å². The van der Waals surface area contributed by atoms with Gasteiger partial charge in [-0.3, -0.25) is 5.10 Å². The van der Waals surface area contributed by atoms with Crippen LogP contribution in [0.25, 0.3) is 11.6 Å². The first kappa shape index (κ1) is 20.2. The number of fused-ring (bicyclic) bond motifs is 4. The summed E-state index contributed by atoms with van der Waals surface area (Å²) in [5, 5.41) is 7.11. The highest BCUT2D eigenvalue weighted by molar-refractivity contribution is 5.77. The fourth-order valence-corrected chi connectivity index (χ4v) is 6.03. The van der Waals surface area contributed by atoms with E-state index in [4.69, 9.17) is 0 Å². The number of hydrogen-bond donors (Lipinski definition) is 1. The van der Waals surface area contributed by atoms with Crippen molar-refractivity contribution in [1.29, 1.82) is 0 Å². The number of aromatic nitrogens is 2. The van der Waals surface area contributed by atoms with Gasteiger partial charge in [0.25, 0.3) is 0 Å². The first-order valence-corrected chi connectivity index (χ1v) is 10.5. The molecule has 0 radical (unpaired) electrons. The van der Waals surface area contributed by atoms with Crippen molar-refractivity contribution in [2.24, 2.45) is 23.2 Å². The molecule has 3 aliphatic carbocycles. The Morgan fingerprint density at radius 2 is 1.97 bits per heavy atom. The van der Waals surface area contributed by atoms with Gasteiger partial charge >= 0.3 is 6.18 Å². The lowest BCUT2D eigenvalue weighted by Crippen LogP contribution is -2.46. The minimum atomic E-state index is -4.48. The number of allylic oxidation sites excluding steroid dienone is 3. The molecule has 0 aliphatic heterocycles. The van der Waals surface area contributed by atoms with Gasteiger partial charge in [0.05, 0.1) is 17.8 Å². The molecule has 162 valence electrons. The lowest BCUT2D eigenvalue weighted by Gasteiger charge is -2.52. The number of hydrogen-bond acceptors (Lipinski definition) is 2. The van der Waals surface area contributed by atoms with E-state index in [2.05, 4.69) is 23.2 Å². The lowest BCUT2D eigenvalue weighted by molar-refractivity contribution is -0.193. The highest BCUT2D eigenvalue weighted by Crippen LogP contribution is 2.61. The number of carbonyl (C=O) groups is 1. The monoisotopic (exact) mass is 430 g/mol. The summed E-state index contributed by atoms with van der Waals surface area (Å²) in [4.78, 5) is 12.0. The van der Waals surface area contributed by atoms with Crippen molar-refractivity contribution in [2.45, 2.75) is 38.8 Å². The topological polar surface area (TPSA) is 45.8 Å². The Morgan fingerprint density at radius 1 is 1.23 bits per heavy atom. The van der Waals surface area contributed by atoms with E-state index in [1.807, 2.05) is 0 Å². The molecule has 4 unspecified atom stereocenters. The van der Waals surface area contributed by atoms with Gasteiger partial charge in [0.15, 0.2) is 0 Å². The average molecular weight is 430 g/mol. The van der Waals surface area contributed by atoms with Crippen molar-refractivity contribution in [3.63, 3.8) is 0 Å². The maximum Gasteiger partial charge on any atom is 0.392 e. The summed E-state index contributed by atoms with van der Waals surface area (Å²) in [5.74, 6) is -3.77. The molecule has 31 heavy (non-hydrogen) atoms. The second-order valence-corrected chi connectivity index (χ2v) is 9.10. The summed E-state index contributed by atoms with van der Waals surface area (Å²) in [6, 6.07) is 5.67. The van der Waals surface area contributed by atoms with E-state index < -0.39 is 35.2 Å². The van der Waals surface area contributed by atoms with Gasteiger partial charge < -0.3 is 4.79 Å². The number of rotatable bonds is 2. The second kappa shape index (κ2) is 6.90. The maximum atomic E-state index is 14.0. The number of H-pyrrole nitrogens is 1. The highest BCUT2D eigenvalue weighted by atomic mass is 19.4. The first-order valence-electron chi connectivity index (χ1n) is 10.5. The Morgan fingerprint density at radius 3 is 2.65 bits per heavy atom. The first-order chi connectivity index (χ1) is 14.7. The van der Waals surface area contributed by atoms with Crippen LogP contribution < -0.4 is 0 Å². The van der Waals surface area contributed by atoms with E-state index in [1.165, 1.54) is 12.1 Å². The predicted octanol–water partition coefficient (Wildman–Crippen LogP) is 5.76. The van der Waals surface area contributed by atoms with Crippen LogP contribution >= 0.6 is 0 Å². The van der Waals surface area contributed by atoms with Crippen LogP contribution in [0.1, 0.15) is 43.0 Å². The van der Waals surface area contributed by atoms with Crippen LogP contribution in [0, 0.1) is 29.0 Å². The van der Waals surface area contributed by atoms with E-state index in [-0.39, 0.29) is 6.42 Å². The third-order valence-corrected chi connectivity index (χ3v) is 7.46. The van der Waals surface area contributed by atoms with Gasteiger partial charge in [0.1, 0.15) is 12.1 Å². The maximum absolute atomic E-state index is 14.0. The molecule has 0 spiro atoms. The number of nitrogens with one attached hydrogen (secondary N) is 1. The Kier molecular flexibility index (Phi) is 4.50. The van der Waals surface area contributed by atoms with Gasteiger partial charge in [-0.15, -0.1) is 0 Å². The lowest BCUT2D eigenvalue weighted by atomic mass is 9.52. The summed E-state index contributed by atoms with van der Waals surface area (Å²) in [7, 11) is 0. The molecule has 7 heteroatoms. The molecule has 1 N–H and O–H groups in total. The molecule has 0 bridgehead atoms. The Balaban J connectivity index is 1.74. The highest BCUT2D eigenvalue weighted by Gasteiger charge is 2.56. The van der Waals surface area contributed by atoms with Gasteiger partial charge in [-0.2, -0.15) is 18.3 Å². The van der Waals surface area contributed by atoms with Gasteiger partial charge in [0.2, 0.25) is 0 Å². The molecule has 0 amide bonds. The fraction of sp³-hybridized carbons (Fsp3) is 0.417. The second-order valence-electron chi connectivity index (χ2n) is 9.10. The normalized spacial score (nSPS) is 30.2. The van der Waals surface area contributed by atoms with E-state index in [1.54, 1.807) is 18.3 Å². The quantitative estimate of drug-likeness (QED) is 0.487. The molecule has 1 aromatic heterocycles.